The highest BCUT2D eigenvalue weighted by atomic mass is 35.5. The number of benzene rings is 2. The van der Waals surface area contributed by atoms with Gasteiger partial charge in [-0.05, 0) is 68.1 Å². The van der Waals surface area contributed by atoms with Crippen LogP contribution in [0.2, 0.25) is 10.0 Å². The zero-order valence-electron chi connectivity index (χ0n) is 16.5. The molecule has 152 valence electrons. The van der Waals surface area contributed by atoms with Crippen molar-refractivity contribution in [3.05, 3.63) is 62.6 Å². The topological polar surface area (TPSA) is 66.5 Å². The summed E-state index contributed by atoms with van der Waals surface area (Å²) in [6.07, 6.45) is 1.03. The highest BCUT2D eigenvalue weighted by molar-refractivity contribution is 7.92. The van der Waals surface area contributed by atoms with Crippen molar-refractivity contribution in [2.45, 2.75) is 33.7 Å². The van der Waals surface area contributed by atoms with E-state index in [1.165, 1.54) is 23.8 Å². The molecule has 0 unspecified atom stereocenters. The quantitative estimate of drug-likeness (QED) is 0.712. The van der Waals surface area contributed by atoms with E-state index < -0.39 is 15.9 Å². The van der Waals surface area contributed by atoms with E-state index in [9.17, 15) is 13.2 Å². The minimum absolute atomic E-state index is 0.156. The minimum atomic E-state index is -3.72. The highest BCUT2D eigenvalue weighted by Crippen LogP contribution is 2.30. The van der Waals surface area contributed by atoms with Gasteiger partial charge in [0.1, 0.15) is 6.54 Å². The van der Waals surface area contributed by atoms with Crippen LogP contribution in [-0.4, -0.2) is 27.1 Å². The van der Waals surface area contributed by atoms with Crippen LogP contribution in [0.3, 0.4) is 0 Å². The molecule has 0 spiro atoms. The highest BCUT2D eigenvalue weighted by Gasteiger charge is 2.24. The molecular formula is C20H24Cl2N2O3S. The third-order valence-electron chi connectivity index (χ3n) is 4.59. The number of carbonyl (C=O) groups excluding carboxylic acids is 1. The van der Waals surface area contributed by atoms with Gasteiger partial charge < -0.3 is 5.32 Å². The Kier molecular flexibility index (Phi) is 7.02. The first-order valence-electron chi connectivity index (χ1n) is 8.70. The average Bonchev–Trinajstić information content (AvgIpc) is 2.55. The monoisotopic (exact) mass is 442 g/mol. The van der Waals surface area contributed by atoms with Gasteiger partial charge in [0, 0.05) is 5.02 Å². The molecule has 0 saturated carbocycles. The lowest BCUT2D eigenvalue weighted by atomic mass is 9.96. The molecule has 0 saturated heterocycles. The Hall–Kier alpha value is -1.76. The number of halogens is 2. The Balaban J connectivity index is 2.24. The van der Waals surface area contributed by atoms with Crippen molar-refractivity contribution in [3.63, 3.8) is 0 Å². The van der Waals surface area contributed by atoms with E-state index in [-0.39, 0.29) is 23.3 Å². The minimum Gasteiger partial charge on any atom is -0.348 e. The zero-order chi connectivity index (χ0) is 21.2. The van der Waals surface area contributed by atoms with Crippen LogP contribution in [0.1, 0.15) is 35.2 Å². The molecule has 0 radical (unpaired) electrons. The summed E-state index contributed by atoms with van der Waals surface area (Å²) in [5, 5.41) is 3.41. The average molecular weight is 443 g/mol. The lowest BCUT2D eigenvalue weighted by Gasteiger charge is -2.25. The van der Waals surface area contributed by atoms with E-state index in [0.717, 1.165) is 27.3 Å². The first-order chi connectivity index (χ1) is 12.9. The zero-order valence-corrected chi connectivity index (χ0v) is 18.8. The number of anilines is 1. The first-order valence-corrected chi connectivity index (χ1v) is 11.3. The van der Waals surface area contributed by atoms with Gasteiger partial charge in [-0.15, -0.1) is 0 Å². The number of aryl methyl sites for hydroxylation is 3. The van der Waals surface area contributed by atoms with E-state index in [2.05, 4.69) is 11.4 Å². The number of nitrogens with zero attached hydrogens (tertiary/aromatic N) is 1. The maximum Gasteiger partial charge on any atom is 0.241 e. The van der Waals surface area contributed by atoms with Gasteiger partial charge in [0.15, 0.2) is 0 Å². The fraction of sp³-hybridized carbons (Fsp3) is 0.350. The molecule has 2 rings (SSSR count). The number of sulfonamides is 1. The molecule has 1 atom stereocenters. The molecular weight excluding hydrogens is 419 g/mol. The van der Waals surface area contributed by atoms with E-state index in [4.69, 9.17) is 23.2 Å². The SMILES string of the molecule is Cc1cc(C)c([C@@H](C)NC(=O)CN(c2ccc(Cl)cc2Cl)S(C)(=O)=O)cc1C. The maximum absolute atomic E-state index is 12.6. The second-order valence-corrected chi connectivity index (χ2v) is 9.70. The van der Waals surface area contributed by atoms with Crippen LogP contribution >= 0.6 is 23.2 Å². The van der Waals surface area contributed by atoms with Crippen molar-refractivity contribution >= 4 is 44.8 Å². The summed E-state index contributed by atoms with van der Waals surface area (Å²) in [4.78, 5) is 12.6. The van der Waals surface area contributed by atoms with E-state index in [1.54, 1.807) is 0 Å². The third kappa shape index (κ3) is 5.40. The Morgan fingerprint density at radius 2 is 1.68 bits per heavy atom. The van der Waals surface area contributed by atoms with E-state index in [0.29, 0.717) is 5.02 Å². The van der Waals surface area contributed by atoms with Gasteiger partial charge in [0.2, 0.25) is 15.9 Å². The van der Waals surface area contributed by atoms with Gasteiger partial charge in [-0.1, -0.05) is 35.3 Å². The molecule has 0 aromatic heterocycles. The molecule has 1 amide bonds. The Morgan fingerprint density at radius 3 is 2.25 bits per heavy atom. The fourth-order valence-corrected chi connectivity index (χ4v) is 4.44. The van der Waals surface area contributed by atoms with Gasteiger partial charge in [0.05, 0.1) is 23.0 Å². The summed E-state index contributed by atoms with van der Waals surface area (Å²) >= 11 is 12.0. The van der Waals surface area contributed by atoms with E-state index in [1.807, 2.05) is 33.8 Å². The van der Waals surface area contributed by atoms with Gasteiger partial charge in [0.25, 0.3) is 0 Å². The summed E-state index contributed by atoms with van der Waals surface area (Å²) in [7, 11) is -3.72. The molecule has 5 nitrogen and oxygen atoms in total. The third-order valence-corrected chi connectivity index (χ3v) is 6.26. The molecule has 0 bridgehead atoms. The van der Waals surface area contributed by atoms with Crippen molar-refractivity contribution in [3.8, 4) is 0 Å². The molecule has 2 aromatic rings. The molecule has 0 aliphatic heterocycles. The number of rotatable bonds is 6. The molecule has 2 aromatic carbocycles. The maximum atomic E-state index is 12.6. The summed E-state index contributed by atoms with van der Waals surface area (Å²) in [5.41, 5.74) is 4.58. The normalized spacial score (nSPS) is 12.5. The van der Waals surface area contributed by atoms with Crippen LogP contribution in [0.5, 0.6) is 0 Å². The first kappa shape index (κ1) is 22.5. The van der Waals surface area contributed by atoms with Crippen molar-refractivity contribution in [2.75, 3.05) is 17.1 Å². The van der Waals surface area contributed by atoms with Crippen LogP contribution in [-0.2, 0) is 14.8 Å². The smallest absolute Gasteiger partial charge is 0.241 e. The number of hydrogen-bond acceptors (Lipinski definition) is 3. The number of amides is 1. The van der Waals surface area contributed by atoms with Crippen molar-refractivity contribution in [1.29, 1.82) is 0 Å². The van der Waals surface area contributed by atoms with E-state index >= 15 is 0 Å². The lowest BCUT2D eigenvalue weighted by molar-refractivity contribution is -0.120. The number of nitrogens with one attached hydrogen (secondary N) is 1. The number of hydrogen-bond donors (Lipinski definition) is 1. The van der Waals surface area contributed by atoms with Crippen LogP contribution in [0.4, 0.5) is 5.69 Å². The molecule has 8 heteroatoms. The molecule has 0 heterocycles. The predicted octanol–water partition coefficient (Wildman–Crippen LogP) is 4.56. The summed E-state index contributed by atoms with van der Waals surface area (Å²) < 4.78 is 25.5. The van der Waals surface area contributed by atoms with Gasteiger partial charge in [-0.25, -0.2) is 8.42 Å². The fourth-order valence-electron chi connectivity index (χ4n) is 3.01. The van der Waals surface area contributed by atoms with Crippen molar-refractivity contribution < 1.29 is 13.2 Å². The second-order valence-electron chi connectivity index (χ2n) is 6.95. The Bertz CT molecular complexity index is 1010. The van der Waals surface area contributed by atoms with Gasteiger partial charge >= 0.3 is 0 Å². The van der Waals surface area contributed by atoms with Gasteiger partial charge in [-0.2, -0.15) is 0 Å². The number of carbonyl (C=O) groups is 1. The molecule has 0 aliphatic carbocycles. The van der Waals surface area contributed by atoms with Crippen LogP contribution < -0.4 is 9.62 Å². The summed E-state index contributed by atoms with van der Waals surface area (Å²) in [6, 6.07) is 8.29. The molecule has 28 heavy (non-hydrogen) atoms. The van der Waals surface area contributed by atoms with Crippen molar-refractivity contribution in [1.82, 2.24) is 5.32 Å². The largest absolute Gasteiger partial charge is 0.348 e. The Labute approximate surface area is 176 Å². The lowest BCUT2D eigenvalue weighted by Crippen LogP contribution is -2.41. The second kappa shape index (κ2) is 8.72. The van der Waals surface area contributed by atoms with Crippen LogP contribution in [0.15, 0.2) is 30.3 Å². The molecule has 1 N–H and O–H groups in total. The Morgan fingerprint density at radius 1 is 1.07 bits per heavy atom. The standard InChI is InChI=1S/C20H24Cl2N2O3S/c1-12-8-14(3)17(9-13(12)2)15(4)23-20(25)11-24(28(5,26)27)19-7-6-16(21)10-18(19)22/h6-10,15H,11H2,1-5H3,(H,23,25)/t15-/m1/s1. The van der Waals surface area contributed by atoms with Gasteiger partial charge in [-0.3, -0.25) is 9.10 Å². The predicted molar refractivity (Wildman–Crippen MR) is 116 cm³/mol. The molecule has 0 fully saturated rings. The van der Waals surface area contributed by atoms with Crippen LogP contribution in [0.25, 0.3) is 0 Å². The van der Waals surface area contributed by atoms with Crippen LogP contribution in [0, 0.1) is 20.8 Å². The molecule has 0 aliphatic rings. The van der Waals surface area contributed by atoms with Crippen molar-refractivity contribution in [2.24, 2.45) is 0 Å². The summed E-state index contributed by atoms with van der Waals surface area (Å²) in [6.45, 7) is 7.53. The summed E-state index contributed by atoms with van der Waals surface area (Å²) in [5.74, 6) is -0.429.